The largest absolute Gasteiger partial charge is 0.486 e. The first kappa shape index (κ1) is 19.2. The summed E-state index contributed by atoms with van der Waals surface area (Å²) in [5.41, 5.74) is 2.86. The van der Waals surface area contributed by atoms with Gasteiger partial charge in [0.2, 0.25) is 10.0 Å². The van der Waals surface area contributed by atoms with Crippen molar-refractivity contribution in [3.8, 4) is 5.75 Å². The molecule has 1 fully saturated rings. The number of carbonyl (C=O) groups is 1. The van der Waals surface area contributed by atoms with Gasteiger partial charge in [0.1, 0.15) is 11.4 Å². The number of hydrogen-bond acceptors (Lipinski definition) is 4. The number of carbonyl (C=O) groups excluding carboxylic acids is 1. The van der Waals surface area contributed by atoms with Crippen LogP contribution in [0.15, 0.2) is 41.3 Å². The molecule has 0 bridgehead atoms. The third-order valence-corrected chi connectivity index (χ3v) is 7.89. The lowest BCUT2D eigenvalue weighted by molar-refractivity contribution is 0.00589. The topological polar surface area (TPSA) is 63.7 Å². The maximum atomic E-state index is 13.1. The van der Waals surface area contributed by atoms with Crippen LogP contribution in [0, 0.1) is 20.8 Å². The van der Waals surface area contributed by atoms with Gasteiger partial charge in [0.15, 0.2) is 5.78 Å². The number of aryl methyl sites for hydroxylation is 3. The standard InChI is InChI=1S/C22H25NO4S/c1-15-5-7-21(17(3)12-15)28(25,26)23-10-8-22(9-11-23)14-19(24)18-13-16(2)4-6-20(18)27-22/h4-7,12-13H,8-11,14H2,1-3H3. The molecule has 148 valence electrons. The van der Waals surface area contributed by atoms with Crippen molar-refractivity contribution in [2.24, 2.45) is 0 Å². The van der Waals surface area contributed by atoms with Crippen LogP contribution in [0.4, 0.5) is 0 Å². The van der Waals surface area contributed by atoms with Crippen LogP contribution in [-0.4, -0.2) is 37.2 Å². The summed E-state index contributed by atoms with van der Waals surface area (Å²) in [7, 11) is -3.55. The zero-order chi connectivity index (χ0) is 20.1. The Morgan fingerprint density at radius 3 is 2.29 bits per heavy atom. The van der Waals surface area contributed by atoms with E-state index in [9.17, 15) is 13.2 Å². The minimum Gasteiger partial charge on any atom is -0.486 e. The van der Waals surface area contributed by atoms with Crippen LogP contribution >= 0.6 is 0 Å². The molecular formula is C22H25NO4S. The molecule has 0 aliphatic carbocycles. The van der Waals surface area contributed by atoms with Crippen molar-refractivity contribution < 1.29 is 17.9 Å². The maximum absolute atomic E-state index is 13.1. The molecule has 1 spiro atoms. The highest BCUT2D eigenvalue weighted by Gasteiger charge is 2.45. The Labute approximate surface area is 166 Å². The number of ketones is 1. The predicted molar refractivity (Wildman–Crippen MR) is 107 cm³/mol. The van der Waals surface area contributed by atoms with E-state index in [4.69, 9.17) is 4.74 Å². The number of hydrogen-bond donors (Lipinski definition) is 0. The summed E-state index contributed by atoms with van der Waals surface area (Å²) in [5, 5.41) is 0. The minimum atomic E-state index is -3.55. The van der Waals surface area contributed by atoms with Gasteiger partial charge < -0.3 is 4.74 Å². The van der Waals surface area contributed by atoms with Gasteiger partial charge in [-0.2, -0.15) is 4.31 Å². The van der Waals surface area contributed by atoms with Crippen molar-refractivity contribution in [3.63, 3.8) is 0 Å². The second-order valence-electron chi connectivity index (χ2n) is 8.06. The highest BCUT2D eigenvalue weighted by Crippen LogP contribution is 2.40. The molecule has 0 saturated carbocycles. The van der Waals surface area contributed by atoms with Crippen LogP contribution < -0.4 is 4.74 Å². The van der Waals surface area contributed by atoms with Crippen LogP contribution in [0.2, 0.25) is 0 Å². The fourth-order valence-corrected chi connectivity index (χ4v) is 5.90. The van der Waals surface area contributed by atoms with Crippen LogP contribution in [0.25, 0.3) is 0 Å². The summed E-state index contributed by atoms with van der Waals surface area (Å²) in [6.07, 6.45) is 1.33. The van der Waals surface area contributed by atoms with Gasteiger partial charge in [-0.3, -0.25) is 4.79 Å². The van der Waals surface area contributed by atoms with E-state index in [1.807, 2.05) is 51.1 Å². The molecule has 0 aromatic heterocycles. The molecule has 0 atom stereocenters. The van der Waals surface area contributed by atoms with E-state index < -0.39 is 15.6 Å². The van der Waals surface area contributed by atoms with E-state index in [2.05, 4.69) is 0 Å². The normalized spacial score (nSPS) is 19.3. The fraction of sp³-hybridized carbons (Fsp3) is 0.409. The van der Waals surface area contributed by atoms with Gasteiger partial charge in [0.25, 0.3) is 0 Å². The number of ether oxygens (including phenoxy) is 1. The molecule has 2 heterocycles. The molecule has 2 aliphatic heterocycles. The minimum absolute atomic E-state index is 0.0793. The molecule has 2 aromatic carbocycles. The van der Waals surface area contributed by atoms with Crippen LogP contribution in [0.5, 0.6) is 5.75 Å². The lowest BCUT2D eigenvalue weighted by atomic mass is 9.83. The Kier molecular flexibility index (Phi) is 4.59. The predicted octanol–water partition coefficient (Wildman–Crippen LogP) is 3.80. The summed E-state index contributed by atoms with van der Waals surface area (Å²) in [5.74, 6) is 0.697. The third-order valence-electron chi connectivity index (χ3n) is 5.83. The first-order valence-electron chi connectivity index (χ1n) is 9.61. The zero-order valence-electron chi connectivity index (χ0n) is 16.5. The average Bonchev–Trinajstić information content (AvgIpc) is 2.62. The highest BCUT2D eigenvalue weighted by atomic mass is 32.2. The Morgan fingerprint density at radius 1 is 0.964 bits per heavy atom. The van der Waals surface area contributed by atoms with Gasteiger partial charge in [0.05, 0.1) is 16.9 Å². The van der Waals surface area contributed by atoms with Crippen molar-refractivity contribution in [1.82, 2.24) is 4.31 Å². The zero-order valence-corrected chi connectivity index (χ0v) is 17.3. The van der Waals surface area contributed by atoms with Crippen LogP contribution in [0.3, 0.4) is 0 Å². The molecule has 0 radical (unpaired) electrons. The number of Topliss-reactive ketones (excluding diaryl/α,β-unsaturated/α-hetero) is 1. The van der Waals surface area contributed by atoms with E-state index in [1.54, 1.807) is 6.07 Å². The second-order valence-corrected chi connectivity index (χ2v) is 9.96. The molecule has 1 saturated heterocycles. The van der Waals surface area contributed by atoms with Gasteiger partial charge in [-0.1, -0.05) is 29.3 Å². The summed E-state index contributed by atoms with van der Waals surface area (Å²) in [6, 6.07) is 11.0. The van der Waals surface area contributed by atoms with Gasteiger partial charge in [-0.15, -0.1) is 0 Å². The van der Waals surface area contributed by atoms with E-state index in [-0.39, 0.29) is 5.78 Å². The number of fused-ring (bicyclic) bond motifs is 1. The lowest BCUT2D eigenvalue weighted by Gasteiger charge is -2.43. The third kappa shape index (κ3) is 3.25. The lowest BCUT2D eigenvalue weighted by Crippen LogP contribution is -2.52. The first-order valence-corrected chi connectivity index (χ1v) is 11.0. The Hall–Kier alpha value is -2.18. The Balaban J connectivity index is 1.55. The molecule has 2 aromatic rings. The van der Waals surface area contributed by atoms with Crippen molar-refractivity contribution in [2.45, 2.75) is 50.5 Å². The molecule has 2 aliphatic rings. The smallest absolute Gasteiger partial charge is 0.243 e. The number of benzene rings is 2. The van der Waals surface area contributed by atoms with Crippen molar-refractivity contribution in [1.29, 1.82) is 0 Å². The van der Waals surface area contributed by atoms with Gasteiger partial charge in [-0.25, -0.2) is 8.42 Å². The monoisotopic (exact) mass is 399 g/mol. The van der Waals surface area contributed by atoms with Crippen molar-refractivity contribution in [3.05, 3.63) is 58.7 Å². The number of piperidine rings is 1. The van der Waals surface area contributed by atoms with E-state index in [0.29, 0.717) is 48.6 Å². The second kappa shape index (κ2) is 6.71. The van der Waals surface area contributed by atoms with Crippen LogP contribution in [-0.2, 0) is 10.0 Å². The summed E-state index contributed by atoms with van der Waals surface area (Å²) >= 11 is 0. The molecule has 6 heteroatoms. The molecule has 0 unspecified atom stereocenters. The van der Waals surface area contributed by atoms with Crippen molar-refractivity contribution in [2.75, 3.05) is 13.1 Å². The maximum Gasteiger partial charge on any atom is 0.243 e. The first-order chi connectivity index (χ1) is 13.2. The summed E-state index contributed by atoms with van der Waals surface area (Å²) in [6.45, 7) is 6.43. The number of rotatable bonds is 2. The van der Waals surface area contributed by atoms with E-state index >= 15 is 0 Å². The van der Waals surface area contributed by atoms with Gasteiger partial charge >= 0.3 is 0 Å². The quantitative estimate of drug-likeness (QED) is 0.771. The Bertz CT molecular complexity index is 1050. The average molecular weight is 400 g/mol. The molecule has 5 nitrogen and oxygen atoms in total. The fourth-order valence-electron chi connectivity index (χ4n) is 4.25. The van der Waals surface area contributed by atoms with Crippen molar-refractivity contribution >= 4 is 15.8 Å². The van der Waals surface area contributed by atoms with Gasteiger partial charge in [-0.05, 0) is 44.5 Å². The Morgan fingerprint density at radius 2 is 1.61 bits per heavy atom. The summed E-state index contributed by atoms with van der Waals surface area (Å²) in [4.78, 5) is 13.0. The SMILES string of the molecule is Cc1ccc(S(=O)(=O)N2CCC3(CC2)CC(=O)c2cc(C)ccc2O3)c(C)c1. The highest BCUT2D eigenvalue weighted by molar-refractivity contribution is 7.89. The molecule has 28 heavy (non-hydrogen) atoms. The number of nitrogens with zero attached hydrogens (tertiary/aromatic N) is 1. The molecule has 4 rings (SSSR count). The van der Waals surface area contributed by atoms with Gasteiger partial charge in [0, 0.05) is 25.9 Å². The van der Waals surface area contributed by atoms with E-state index in [0.717, 1.165) is 16.7 Å². The molecular weight excluding hydrogens is 374 g/mol. The molecule has 0 N–H and O–H groups in total. The van der Waals surface area contributed by atoms with Crippen LogP contribution in [0.1, 0.15) is 46.3 Å². The summed E-state index contributed by atoms with van der Waals surface area (Å²) < 4.78 is 34.0. The van der Waals surface area contributed by atoms with E-state index in [1.165, 1.54) is 4.31 Å². The number of sulfonamides is 1. The molecule has 0 amide bonds.